The van der Waals surface area contributed by atoms with Crippen LogP contribution in [0.3, 0.4) is 0 Å². The molecule has 0 amide bonds. The zero-order chi connectivity index (χ0) is 15.4. The molecule has 0 aliphatic rings. The van der Waals surface area contributed by atoms with Crippen LogP contribution >= 0.6 is 0 Å². The summed E-state index contributed by atoms with van der Waals surface area (Å²) in [4.78, 5) is 26.7. The summed E-state index contributed by atoms with van der Waals surface area (Å²) in [7, 11) is 0. The Morgan fingerprint density at radius 2 is 1.50 bits per heavy atom. The van der Waals surface area contributed by atoms with Crippen molar-refractivity contribution in [1.29, 1.82) is 0 Å². The van der Waals surface area contributed by atoms with Gasteiger partial charge in [-0.05, 0) is 11.6 Å². The molecule has 3 nitrogen and oxygen atoms in total. The van der Waals surface area contributed by atoms with E-state index in [9.17, 15) is 9.59 Å². The van der Waals surface area contributed by atoms with Crippen LogP contribution in [-0.2, 0) is 6.42 Å². The van der Waals surface area contributed by atoms with Crippen molar-refractivity contribution < 1.29 is 4.79 Å². The normalized spacial score (nSPS) is 10.4. The lowest BCUT2D eigenvalue weighted by molar-refractivity contribution is 0.103. The molecule has 0 aliphatic heterocycles. The summed E-state index contributed by atoms with van der Waals surface area (Å²) in [6, 6.07) is 20.2. The fourth-order valence-corrected chi connectivity index (χ4v) is 2.35. The second kappa shape index (κ2) is 6.22. The summed E-state index contributed by atoms with van der Waals surface area (Å²) in [5.74, 6) is 0.00436. The Kier molecular flexibility index (Phi) is 3.97. The predicted molar refractivity (Wildman–Crippen MR) is 86.2 cm³/mol. The highest BCUT2D eigenvalue weighted by molar-refractivity contribution is 6.08. The van der Waals surface area contributed by atoms with E-state index >= 15 is 0 Å². The van der Waals surface area contributed by atoms with Gasteiger partial charge in [0.05, 0.1) is 0 Å². The highest BCUT2D eigenvalue weighted by Crippen LogP contribution is 2.12. The van der Waals surface area contributed by atoms with Gasteiger partial charge in [-0.1, -0.05) is 60.7 Å². The summed E-state index contributed by atoms with van der Waals surface area (Å²) in [6.07, 6.45) is 2.17. The second-order valence-corrected chi connectivity index (χ2v) is 5.09. The van der Waals surface area contributed by atoms with Crippen LogP contribution in [0.5, 0.6) is 0 Å². The monoisotopic (exact) mass is 289 g/mol. The molecule has 0 atom stereocenters. The minimum Gasteiger partial charge on any atom is -0.329 e. The van der Waals surface area contributed by atoms with Crippen molar-refractivity contribution in [3.63, 3.8) is 0 Å². The third-order valence-electron chi connectivity index (χ3n) is 3.55. The number of carbonyl (C=O) groups excluding carboxylic acids is 1. The van der Waals surface area contributed by atoms with E-state index in [2.05, 4.69) is 4.98 Å². The molecule has 0 saturated heterocycles. The summed E-state index contributed by atoms with van der Waals surface area (Å²) in [6.45, 7) is 0. The van der Waals surface area contributed by atoms with Crippen LogP contribution in [0, 0.1) is 0 Å². The average Bonchev–Trinajstić information content (AvgIpc) is 2.58. The van der Waals surface area contributed by atoms with Crippen LogP contribution in [-0.4, -0.2) is 10.8 Å². The van der Waals surface area contributed by atoms with E-state index in [-0.39, 0.29) is 11.3 Å². The number of hydrogen-bond acceptors (Lipinski definition) is 2. The van der Waals surface area contributed by atoms with Gasteiger partial charge in [0, 0.05) is 29.3 Å². The molecule has 0 fully saturated rings. The van der Waals surface area contributed by atoms with Gasteiger partial charge in [0.15, 0.2) is 5.78 Å². The van der Waals surface area contributed by atoms with E-state index in [0.29, 0.717) is 23.1 Å². The molecule has 3 aromatic rings. The molecule has 22 heavy (non-hydrogen) atoms. The number of rotatable bonds is 4. The van der Waals surface area contributed by atoms with Crippen LogP contribution in [0.15, 0.2) is 77.7 Å². The SMILES string of the molecule is O=C(c1ccccc1)c1ccc(Cc2ccc[nH]c2=O)cc1. The van der Waals surface area contributed by atoms with Gasteiger partial charge in [0.1, 0.15) is 0 Å². The molecule has 0 unspecified atom stereocenters. The molecular weight excluding hydrogens is 274 g/mol. The van der Waals surface area contributed by atoms with Gasteiger partial charge >= 0.3 is 0 Å². The number of carbonyl (C=O) groups is 1. The van der Waals surface area contributed by atoms with Crippen molar-refractivity contribution in [2.24, 2.45) is 0 Å². The molecule has 0 spiro atoms. The van der Waals surface area contributed by atoms with Crippen LogP contribution in [0.2, 0.25) is 0 Å². The summed E-state index contributed by atoms with van der Waals surface area (Å²) < 4.78 is 0. The lowest BCUT2D eigenvalue weighted by Crippen LogP contribution is -2.11. The molecule has 1 heterocycles. The first-order valence-electron chi connectivity index (χ1n) is 7.09. The molecule has 0 saturated carbocycles. The van der Waals surface area contributed by atoms with E-state index in [1.165, 1.54) is 0 Å². The Bertz CT molecular complexity index is 833. The van der Waals surface area contributed by atoms with Gasteiger partial charge in [-0.3, -0.25) is 9.59 Å². The number of nitrogens with one attached hydrogen (secondary N) is 1. The fourth-order valence-electron chi connectivity index (χ4n) is 2.35. The number of pyridine rings is 1. The first-order valence-corrected chi connectivity index (χ1v) is 7.09. The minimum atomic E-state index is -0.0769. The number of H-pyrrole nitrogens is 1. The maximum Gasteiger partial charge on any atom is 0.251 e. The van der Waals surface area contributed by atoms with Crippen molar-refractivity contribution in [1.82, 2.24) is 4.98 Å². The molecule has 0 bridgehead atoms. The number of hydrogen-bond donors (Lipinski definition) is 1. The average molecular weight is 289 g/mol. The van der Waals surface area contributed by atoms with E-state index in [4.69, 9.17) is 0 Å². The summed E-state index contributed by atoms with van der Waals surface area (Å²) in [5, 5.41) is 0. The van der Waals surface area contributed by atoms with Crippen molar-refractivity contribution in [2.75, 3.05) is 0 Å². The highest BCUT2D eigenvalue weighted by Gasteiger charge is 2.08. The molecule has 0 radical (unpaired) electrons. The largest absolute Gasteiger partial charge is 0.329 e. The van der Waals surface area contributed by atoms with Crippen molar-refractivity contribution in [3.8, 4) is 0 Å². The highest BCUT2D eigenvalue weighted by atomic mass is 16.1. The Morgan fingerprint density at radius 3 is 2.18 bits per heavy atom. The Hall–Kier alpha value is -2.94. The minimum absolute atomic E-state index is 0.00436. The quantitative estimate of drug-likeness (QED) is 0.750. The molecular formula is C19H15NO2. The zero-order valence-corrected chi connectivity index (χ0v) is 12.0. The maximum absolute atomic E-state index is 12.3. The summed E-state index contributed by atoms with van der Waals surface area (Å²) in [5.41, 5.74) is 2.96. The third-order valence-corrected chi connectivity index (χ3v) is 3.55. The smallest absolute Gasteiger partial charge is 0.251 e. The van der Waals surface area contributed by atoms with Gasteiger partial charge in [0.25, 0.3) is 5.56 Å². The lowest BCUT2D eigenvalue weighted by Gasteiger charge is -2.04. The lowest BCUT2D eigenvalue weighted by atomic mass is 10.00. The van der Waals surface area contributed by atoms with Crippen LogP contribution in [0.25, 0.3) is 0 Å². The molecule has 3 heteroatoms. The molecule has 1 aromatic heterocycles. The van der Waals surface area contributed by atoms with Crippen LogP contribution in [0.4, 0.5) is 0 Å². The first-order chi connectivity index (χ1) is 10.7. The van der Waals surface area contributed by atoms with Gasteiger partial charge in [-0.2, -0.15) is 0 Å². The Labute approximate surface area is 128 Å². The van der Waals surface area contributed by atoms with E-state index < -0.39 is 0 Å². The van der Waals surface area contributed by atoms with Crippen LogP contribution < -0.4 is 5.56 Å². The van der Waals surface area contributed by atoms with Gasteiger partial charge in [0.2, 0.25) is 0 Å². The van der Waals surface area contributed by atoms with Crippen molar-refractivity contribution >= 4 is 5.78 Å². The number of aromatic nitrogens is 1. The number of aromatic amines is 1. The predicted octanol–water partition coefficient (Wildman–Crippen LogP) is 3.20. The zero-order valence-electron chi connectivity index (χ0n) is 12.0. The summed E-state index contributed by atoms with van der Waals surface area (Å²) >= 11 is 0. The van der Waals surface area contributed by atoms with Crippen molar-refractivity contribution in [2.45, 2.75) is 6.42 Å². The first kappa shape index (κ1) is 14.0. The number of ketones is 1. The second-order valence-electron chi connectivity index (χ2n) is 5.09. The van der Waals surface area contributed by atoms with Crippen LogP contribution in [0.1, 0.15) is 27.0 Å². The fraction of sp³-hybridized carbons (Fsp3) is 0.0526. The topological polar surface area (TPSA) is 49.9 Å². The number of benzene rings is 2. The Balaban J connectivity index is 1.80. The maximum atomic E-state index is 12.3. The molecule has 3 rings (SSSR count). The van der Waals surface area contributed by atoms with Gasteiger partial charge in [-0.15, -0.1) is 0 Å². The molecule has 0 aliphatic carbocycles. The van der Waals surface area contributed by atoms with E-state index in [1.54, 1.807) is 18.3 Å². The standard InChI is InChI=1S/C19H15NO2/c21-18(15-5-2-1-3-6-15)16-10-8-14(9-11-16)13-17-7-4-12-20-19(17)22/h1-12H,13H2,(H,20,22). The van der Waals surface area contributed by atoms with Gasteiger partial charge in [-0.25, -0.2) is 0 Å². The Morgan fingerprint density at radius 1 is 0.818 bits per heavy atom. The third kappa shape index (κ3) is 3.04. The van der Waals surface area contributed by atoms with Gasteiger partial charge < -0.3 is 4.98 Å². The van der Waals surface area contributed by atoms with Crippen molar-refractivity contribution in [3.05, 3.63) is 106 Å². The molecule has 1 N–H and O–H groups in total. The molecule has 2 aromatic carbocycles. The van der Waals surface area contributed by atoms with E-state index in [0.717, 1.165) is 5.56 Å². The molecule has 108 valence electrons. The van der Waals surface area contributed by atoms with E-state index in [1.807, 2.05) is 54.6 Å².